The maximum Gasteiger partial charge on any atom is 0.284 e. The quantitative estimate of drug-likeness (QED) is 0.852. The van der Waals surface area contributed by atoms with E-state index in [4.69, 9.17) is 4.42 Å². The van der Waals surface area contributed by atoms with Crippen molar-refractivity contribution in [1.29, 1.82) is 0 Å². The summed E-state index contributed by atoms with van der Waals surface area (Å²) in [5.74, 6) is 1.64. The maximum absolute atomic E-state index is 5.32. The van der Waals surface area contributed by atoms with Gasteiger partial charge in [-0.1, -0.05) is 6.92 Å². The Morgan fingerprint density at radius 2 is 2.00 bits per heavy atom. The lowest BCUT2D eigenvalue weighted by atomic mass is 10.5. The van der Waals surface area contributed by atoms with Crippen LogP contribution in [0.4, 0.5) is 11.9 Å². The Morgan fingerprint density at radius 1 is 1.20 bits per heavy atom. The molecule has 2 heterocycles. The summed E-state index contributed by atoms with van der Waals surface area (Å²) >= 11 is 1.22. The van der Waals surface area contributed by atoms with E-state index in [1.54, 1.807) is 6.92 Å². The molecule has 2 aromatic heterocycles. The van der Waals surface area contributed by atoms with Crippen LogP contribution in [0.25, 0.3) is 0 Å². The second-order valence-corrected chi connectivity index (χ2v) is 5.17. The van der Waals surface area contributed by atoms with E-state index < -0.39 is 0 Å². The highest BCUT2D eigenvalue weighted by atomic mass is 32.2. The lowest BCUT2D eigenvalue weighted by Gasteiger charge is -2.12. The van der Waals surface area contributed by atoms with Gasteiger partial charge in [-0.15, -0.1) is 10.2 Å². The van der Waals surface area contributed by atoms with Crippen LogP contribution in [-0.4, -0.2) is 45.8 Å². The zero-order valence-corrected chi connectivity index (χ0v) is 12.7. The molecule has 108 valence electrons. The van der Waals surface area contributed by atoms with Gasteiger partial charge >= 0.3 is 0 Å². The van der Waals surface area contributed by atoms with Gasteiger partial charge in [0.05, 0.1) is 0 Å². The second kappa shape index (κ2) is 6.51. The Labute approximate surface area is 121 Å². The molecule has 2 aromatic rings. The highest BCUT2D eigenvalue weighted by molar-refractivity contribution is 7.98. The van der Waals surface area contributed by atoms with Crippen molar-refractivity contribution in [1.82, 2.24) is 25.1 Å². The summed E-state index contributed by atoms with van der Waals surface area (Å²) in [5, 5.41) is 11.8. The summed E-state index contributed by atoms with van der Waals surface area (Å²) < 4.78 is 5.32. The first-order valence-corrected chi connectivity index (χ1v) is 7.05. The molecule has 0 unspecified atom stereocenters. The number of aryl methyl sites for hydroxylation is 1. The van der Waals surface area contributed by atoms with Crippen LogP contribution in [0.5, 0.6) is 0 Å². The van der Waals surface area contributed by atoms with Crippen molar-refractivity contribution in [3.8, 4) is 0 Å². The van der Waals surface area contributed by atoms with Crippen molar-refractivity contribution < 1.29 is 4.42 Å². The first-order valence-electron chi connectivity index (χ1n) is 6.23. The first-order chi connectivity index (χ1) is 9.58. The zero-order valence-electron chi connectivity index (χ0n) is 11.9. The lowest BCUT2D eigenvalue weighted by Crippen LogP contribution is -2.16. The highest BCUT2D eigenvalue weighted by Crippen LogP contribution is 2.25. The zero-order chi connectivity index (χ0) is 14.5. The molecule has 1 N–H and O–H groups in total. The molecule has 0 saturated carbocycles. The van der Waals surface area contributed by atoms with Gasteiger partial charge in [0.25, 0.3) is 5.22 Å². The molecule has 0 atom stereocenters. The Kier molecular flexibility index (Phi) is 4.72. The predicted octanol–water partition coefficient (Wildman–Crippen LogP) is 1.60. The summed E-state index contributed by atoms with van der Waals surface area (Å²) in [4.78, 5) is 14.8. The van der Waals surface area contributed by atoms with Gasteiger partial charge in [0.1, 0.15) is 0 Å². The summed E-state index contributed by atoms with van der Waals surface area (Å²) in [6.45, 7) is 4.63. The van der Waals surface area contributed by atoms with Gasteiger partial charge in [-0.25, -0.2) is 0 Å². The molecule has 2 rings (SSSR count). The van der Waals surface area contributed by atoms with Gasteiger partial charge in [0.15, 0.2) is 0 Å². The monoisotopic (exact) mass is 295 g/mol. The molecule has 0 aliphatic carbocycles. The molecular weight excluding hydrogens is 278 g/mol. The number of hydrogen-bond acceptors (Lipinski definition) is 9. The summed E-state index contributed by atoms with van der Waals surface area (Å²) in [7, 11) is 3.76. The van der Waals surface area contributed by atoms with Crippen LogP contribution >= 0.6 is 11.8 Å². The number of hydrogen-bond donors (Lipinski definition) is 1. The molecule has 0 saturated heterocycles. The number of rotatable bonds is 6. The Morgan fingerprint density at radius 3 is 2.60 bits per heavy atom. The summed E-state index contributed by atoms with van der Waals surface area (Å²) in [6, 6.07) is 0. The van der Waals surface area contributed by atoms with Crippen molar-refractivity contribution in [3.05, 3.63) is 5.89 Å². The van der Waals surface area contributed by atoms with Crippen LogP contribution in [0.2, 0.25) is 0 Å². The molecule has 0 fully saturated rings. The standard InChI is InChI=1S/C11H17N7OS/c1-5-6-12-8-13-9(18(3)4)15-10(14-8)20-11-17-16-7(2)19-11/h5-6H2,1-4H3,(H,12,13,14,15). The van der Waals surface area contributed by atoms with Crippen LogP contribution in [0, 0.1) is 6.92 Å². The van der Waals surface area contributed by atoms with Crippen LogP contribution in [-0.2, 0) is 0 Å². The van der Waals surface area contributed by atoms with Crippen molar-refractivity contribution in [2.24, 2.45) is 0 Å². The molecule has 0 aromatic carbocycles. The van der Waals surface area contributed by atoms with Crippen LogP contribution in [0.1, 0.15) is 19.2 Å². The van der Waals surface area contributed by atoms with E-state index in [1.807, 2.05) is 19.0 Å². The smallest absolute Gasteiger partial charge is 0.284 e. The molecule has 0 radical (unpaired) electrons. The molecule has 0 aliphatic heterocycles. The maximum atomic E-state index is 5.32. The van der Waals surface area contributed by atoms with Crippen LogP contribution in [0.3, 0.4) is 0 Å². The molecule has 0 bridgehead atoms. The average Bonchev–Trinajstić information content (AvgIpc) is 2.81. The van der Waals surface area contributed by atoms with Gasteiger partial charge < -0.3 is 14.6 Å². The molecular formula is C11H17N7OS. The largest absolute Gasteiger partial charge is 0.416 e. The van der Waals surface area contributed by atoms with Crippen LogP contribution in [0.15, 0.2) is 14.8 Å². The minimum Gasteiger partial charge on any atom is -0.416 e. The van der Waals surface area contributed by atoms with E-state index in [9.17, 15) is 0 Å². The van der Waals surface area contributed by atoms with E-state index in [0.717, 1.165) is 13.0 Å². The Hall–Kier alpha value is -1.90. The fourth-order valence-electron chi connectivity index (χ4n) is 1.31. The van der Waals surface area contributed by atoms with E-state index in [-0.39, 0.29) is 0 Å². The minimum absolute atomic E-state index is 0.417. The van der Waals surface area contributed by atoms with E-state index >= 15 is 0 Å². The van der Waals surface area contributed by atoms with Gasteiger partial charge in [0.2, 0.25) is 22.9 Å². The van der Waals surface area contributed by atoms with Crippen molar-refractivity contribution in [2.75, 3.05) is 30.9 Å². The average molecular weight is 295 g/mol. The fourth-order valence-corrected chi connectivity index (χ4v) is 1.96. The molecule has 0 spiro atoms. The molecule has 9 heteroatoms. The van der Waals surface area contributed by atoms with Gasteiger partial charge in [-0.3, -0.25) is 0 Å². The summed E-state index contributed by atoms with van der Waals surface area (Å²) in [5.41, 5.74) is 0. The third-order valence-electron chi connectivity index (χ3n) is 2.22. The third-order valence-corrected chi connectivity index (χ3v) is 2.93. The number of nitrogens with zero attached hydrogens (tertiary/aromatic N) is 6. The van der Waals surface area contributed by atoms with Gasteiger partial charge in [0, 0.05) is 39.3 Å². The number of anilines is 2. The Bertz CT molecular complexity index is 572. The minimum atomic E-state index is 0.417. The number of aromatic nitrogens is 5. The predicted molar refractivity (Wildman–Crippen MR) is 76.1 cm³/mol. The van der Waals surface area contributed by atoms with Crippen molar-refractivity contribution >= 4 is 23.7 Å². The topological polar surface area (TPSA) is 92.9 Å². The SMILES string of the molecule is CCCNc1nc(Sc2nnc(C)o2)nc(N(C)C)n1. The fraction of sp³-hybridized carbons (Fsp3) is 0.545. The van der Waals surface area contributed by atoms with Gasteiger partial charge in [-0.2, -0.15) is 15.0 Å². The number of nitrogens with one attached hydrogen (secondary N) is 1. The Balaban J connectivity index is 2.23. The van der Waals surface area contributed by atoms with Crippen molar-refractivity contribution in [3.63, 3.8) is 0 Å². The third kappa shape index (κ3) is 3.80. The normalized spacial score (nSPS) is 10.6. The molecule has 0 aliphatic rings. The highest BCUT2D eigenvalue weighted by Gasteiger charge is 2.12. The second-order valence-electron chi connectivity index (χ2n) is 4.25. The molecule has 8 nitrogen and oxygen atoms in total. The first kappa shape index (κ1) is 14.5. The summed E-state index contributed by atoms with van der Waals surface area (Å²) in [6.07, 6.45) is 0.994. The van der Waals surface area contributed by atoms with Crippen LogP contribution < -0.4 is 10.2 Å². The van der Waals surface area contributed by atoms with E-state index in [0.29, 0.717) is 28.2 Å². The van der Waals surface area contributed by atoms with E-state index in [1.165, 1.54) is 11.8 Å². The molecule has 20 heavy (non-hydrogen) atoms. The van der Waals surface area contributed by atoms with Gasteiger partial charge in [-0.05, 0) is 6.42 Å². The lowest BCUT2D eigenvalue weighted by molar-refractivity contribution is 0.429. The van der Waals surface area contributed by atoms with Crippen molar-refractivity contribution in [2.45, 2.75) is 30.6 Å². The molecule has 0 amide bonds. The van der Waals surface area contributed by atoms with E-state index in [2.05, 4.69) is 37.4 Å².